The number of benzene rings is 1. The van der Waals surface area contributed by atoms with Crippen molar-refractivity contribution >= 4 is 21.8 Å². The summed E-state index contributed by atoms with van der Waals surface area (Å²) < 4.78 is 41.7. The topological polar surface area (TPSA) is 51.2 Å². The van der Waals surface area contributed by atoms with Crippen LogP contribution >= 0.6 is 15.9 Å². The SMILES string of the molecule is O=C(NCc1cccc(OCC(F)(F)F)c1)c1cncc(Br)c1. The van der Waals surface area contributed by atoms with Crippen molar-refractivity contribution < 1.29 is 22.7 Å². The number of carbonyl (C=O) groups excluding carboxylic acids is 1. The van der Waals surface area contributed by atoms with E-state index < -0.39 is 12.8 Å². The second-order valence-electron chi connectivity index (χ2n) is 4.63. The molecule has 8 heteroatoms. The Morgan fingerprint density at radius 1 is 1.26 bits per heavy atom. The quantitative estimate of drug-likeness (QED) is 0.849. The summed E-state index contributed by atoms with van der Waals surface area (Å²) >= 11 is 3.22. The predicted molar refractivity (Wildman–Crippen MR) is 81.1 cm³/mol. The van der Waals surface area contributed by atoms with Crippen molar-refractivity contribution in [3.8, 4) is 5.75 Å². The van der Waals surface area contributed by atoms with Crippen LogP contribution in [0.5, 0.6) is 5.75 Å². The van der Waals surface area contributed by atoms with E-state index in [-0.39, 0.29) is 18.2 Å². The molecule has 0 aliphatic heterocycles. The number of ether oxygens (including phenoxy) is 1. The molecule has 0 aliphatic carbocycles. The van der Waals surface area contributed by atoms with Crippen LogP contribution in [0.3, 0.4) is 0 Å². The highest BCUT2D eigenvalue weighted by Gasteiger charge is 2.28. The van der Waals surface area contributed by atoms with E-state index in [9.17, 15) is 18.0 Å². The number of pyridine rings is 1. The van der Waals surface area contributed by atoms with Gasteiger partial charge < -0.3 is 10.1 Å². The summed E-state index contributed by atoms with van der Waals surface area (Å²) in [6.45, 7) is -1.19. The molecule has 1 amide bonds. The van der Waals surface area contributed by atoms with Gasteiger partial charge >= 0.3 is 6.18 Å². The molecule has 23 heavy (non-hydrogen) atoms. The van der Waals surface area contributed by atoms with Crippen LogP contribution < -0.4 is 10.1 Å². The molecular formula is C15H12BrF3N2O2. The van der Waals surface area contributed by atoms with Crippen molar-refractivity contribution in [1.82, 2.24) is 10.3 Å². The molecule has 0 radical (unpaired) electrons. The van der Waals surface area contributed by atoms with Gasteiger partial charge in [0.05, 0.1) is 5.56 Å². The highest BCUT2D eigenvalue weighted by molar-refractivity contribution is 9.10. The van der Waals surface area contributed by atoms with Crippen LogP contribution in [0.2, 0.25) is 0 Å². The first-order chi connectivity index (χ1) is 10.8. The molecule has 1 heterocycles. The van der Waals surface area contributed by atoms with Crippen molar-refractivity contribution in [1.29, 1.82) is 0 Å². The number of carbonyl (C=O) groups is 1. The molecular weight excluding hydrogens is 377 g/mol. The van der Waals surface area contributed by atoms with E-state index in [1.165, 1.54) is 18.3 Å². The largest absolute Gasteiger partial charge is 0.484 e. The second-order valence-corrected chi connectivity index (χ2v) is 5.54. The molecule has 0 saturated heterocycles. The van der Waals surface area contributed by atoms with Crippen molar-refractivity contribution in [3.63, 3.8) is 0 Å². The third-order valence-electron chi connectivity index (χ3n) is 2.72. The van der Waals surface area contributed by atoms with Crippen LogP contribution in [0.4, 0.5) is 13.2 Å². The van der Waals surface area contributed by atoms with Crippen LogP contribution in [-0.4, -0.2) is 23.7 Å². The zero-order valence-electron chi connectivity index (χ0n) is 11.7. The Bertz CT molecular complexity index is 692. The van der Waals surface area contributed by atoms with Crippen molar-refractivity contribution in [2.24, 2.45) is 0 Å². The molecule has 0 fully saturated rings. The van der Waals surface area contributed by atoms with Crippen LogP contribution in [0, 0.1) is 0 Å². The summed E-state index contributed by atoms with van der Waals surface area (Å²) in [5, 5.41) is 2.66. The normalized spacial score (nSPS) is 11.1. The third-order valence-corrected chi connectivity index (χ3v) is 3.15. The summed E-state index contributed by atoms with van der Waals surface area (Å²) in [7, 11) is 0. The highest BCUT2D eigenvalue weighted by Crippen LogP contribution is 2.19. The molecule has 1 aromatic carbocycles. The van der Waals surface area contributed by atoms with E-state index in [0.717, 1.165) is 0 Å². The monoisotopic (exact) mass is 388 g/mol. The summed E-state index contributed by atoms with van der Waals surface area (Å²) in [5.41, 5.74) is 1.00. The van der Waals surface area contributed by atoms with Gasteiger partial charge in [-0.25, -0.2) is 0 Å². The van der Waals surface area contributed by atoms with Gasteiger partial charge in [-0.2, -0.15) is 13.2 Å². The Hall–Kier alpha value is -2.09. The first-order valence-electron chi connectivity index (χ1n) is 6.51. The fourth-order valence-electron chi connectivity index (χ4n) is 1.73. The lowest BCUT2D eigenvalue weighted by molar-refractivity contribution is -0.153. The van der Waals surface area contributed by atoms with Gasteiger partial charge in [0.15, 0.2) is 6.61 Å². The van der Waals surface area contributed by atoms with Gasteiger partial charge in [0.1, 0.15) is 5.75 Å². The molecule has 2 aromatic rings. The van der Waals surface area contributed by atoms with E-state index >= 15 is 0 Å². The Balaban J connectivity index is 1.94. The maximum atomic E-state index is 12.1. The first-order valence-corrected chi connectivity index (χ1v) is 7.30. The van der Waals surface area contributed by atoms with Crippen molar-refractivity contribution in [2.75, 3.05) is 6.61 Å². The Morgan fingerprint density at radius 3 is 2.74 bits per heavy atom. The number of aromatic nitrogens is 1. The first kappa shape index (κ1) is 17.3. The van der Waals surface area contributed by atoms with Gasteiger partial charge in [0.25, 0.3) is 5.91 Å². The molecule has 0 saturated carbocycles. The average Bonchev–Trinajstić information content (AvgIpc) is 2.50. The zero-order valence-corrected chi connectivity index (χ0v) is 13.3. The lowest BCUT2D eigenvalue weighted by atomic mass is 10.2. The Labute approximate surface area is 138 Å². The molecule has 0 bridgehead atoms. The molecule has 1 N–H and O–H groups in total. The minimum Gasteiger partial charge on any atom is -0.484 e. The minimum absolute atomic E-state index is 0.0956. The lowest BCUT2D eigenvalue weighted by Crippen LogP contribution is -2.23. The second kappa shape index (κ2) is 7.45. The number of alkyl halides is 3. The summed E-state index contributed by atoms with van der Waals surface area (Å²) in [5.74, 6) is -0.237. The summed E-state index contributed by atoms with van der Waals surface area (Å²) in [6, 6.07) is 7.74. The van der Waals surface area contributed by atoms with E-state index in [1.54, 1.807) is 24.4 Å². The van der Waals surface area contributed by atoms with E-state index in [2.05, 4.69) is 31.0 Å². The summed E-state index contributed by atoms with van der Waals surface area (Å²) in [4.78, 5) is 15.8. The number of hydrogen-bond donors (Lipinski definition) is 1. The lowest BCUT2D eigenvalue weighted by Gasteiger charge is -2.10. The number of nitrogens with zero attached hydrogens (tertiary/aromatic N) is 1. The zero-order chi connectivity index (χ0) is 16.9. The van der Waals surface area contributed by atoms with Gasteiger partial charge in [-0.1, -0.05) is 12.1 Å². The molecule has 0 spiro atoms. The number of amides is 1. The van der Waals surface area contributed by atoms with Crippen LogP contribution in [0.15, 0.2) is 47.2 Å². The average molecular weight is 389 g/mol. The predicted octanol–water partition coefficient (Wildman–Crippen LogP) is 3.72. The summed E-state index contributed by atoms with van der Waals surface area (Å²) in [6.07, 6.45) is -1.42. The number of nitrogens with one attached hydrogen (secondary N) is 1. The van der Waals surface area contributed by atoms with E-state index in [4.69, 9.17) is 0 Å². The minimum atomic E-state index is -4.39. The molecule has 122 valence electrons. The maximum absolute atomic E-state index is 12.1. The smallest absolute Gasteiger partial charge is 0.422 e. The molecule has 0 atom stereocenters. The fraction of sp³-hybridized carbons (Fsp3) is 0.200. The number of hydrogen-bond acceptors (Lipinski definition) is 3. The molecule has 4 nitrogen and oxygen atoms in total. The van der Waals surface area contributed by atoms with Gasteiger partial charge in [-0.3, -0.25) is 9.78 Å². The van der Waals surface area contributed by atoms with Crippen LogP contribution in [0.1, 0.15) is 15.9 Å². The van der Waals surface area contributed by atoms with Gasteiger partial charge in [0.2, 0.25) is 0 Å². The van der Waals surface area contributed by atoms with Gasteiger partial charge in [0, 0.05) is 23.4 Å². The Morgan fingerprint density at radius 2 is 2.04 bits per heavy atom. The molecule has 1 aromatic heterocycles. The van der Waals surface area contributed by atoms with Crippen LogP contribution in [-0.2, 0) is 6.54 Å². The van der Waals surface area contributed by atoms with Crippen molar-refractivity contribution in [2.45, 2.75) is 12.7 Å². The van der Waals surface area contributed by atoms with Crippen LogP contribution in [0.25, 0.3) is 0 Å². The number of halogens is 4. The van der Waals surface area contributed by atoms with E-state index in [1.807, 2.05) is 0 Å². The van der Waals surface area contributed by atoms with Crippen molar-refractivity contribution in [3.05, 3.63) is 58.3 Å². The number of rotatable bonds is 5. The third kappa shape index (κ3) is 5.90. The molecule has 0 aliphatic rings. The highest BCUT2D eigenvalue weighted by atomic mass is 79.9. The van der Waals surface area contributed by atoms with E-state index in [0.29, 0.717) is 15.6 Å². The molecule has 0 unspecified atom stereocenters. The Kier molecular flexibility index (Phi) is 5.59. The van der Waals surface area contributed by atoms with Gasteiger partial charge in [-0.05, 0) is 39.7 Å². The fourth-order valence-corrected chi connectivity index (χ4v) is 2.10. The maximum Gasteiger partial charge on any atom is 0.422 e. The molecule has 2 rings (SSSR count). The standard InChI is InChI=1S/C15H12BrF3N2O2/c16-12-5-11(7-20-8-12)14(22)21-6-10-2-1-3-13(4-10)23-9-15(17,18)19/h1-5,7-8H,6,9H2,(H,21,22). The van der Waals surface area contributed by atoms with Gasteiger partial charge in [-0.15, -0.1) is 0 Å².